The molecular formula is C17H19N5O6. The predicted molar refractivity (Wildman–Crippen MR) is 101 cm³/mol. The third-order valence-electron chi connectivity index (χ3n) is 3.82. The van der Waals surface area contributed by atoms with E-state index < -0.39 is 22.0 Å². The minimum atomic E-state index is -1.03. The van der Waals surface area contributed by atoms with Crippen molar-refractivity contribution in [3.63, 3.8) is 0 Å². The van der Waals surface area contributed by atoms with Crippen LogP contribution in [0.2, 0.25) is 0 Å². The molecule has 0 spiro atoms. The first-order chi connectivity index (χ1) is 13.4. The number of imidazole rings is 1. The van der Waals surface area contributed by atoms with Gasteiger partial charge in [-0.2, -0.15) is 0 Å². The molecule has 3 aromatic rings. The second-order valence-electron chi connectivity index (χ2n) is 5.49. The van der Waals surface area contributed by atoms with E-state index in [1.165, 1.54) is 35.4 Å². The lowest BCUT2D eigenvalue weighted by Gasteiger charge is -2.11. The lowest BCUT2D eigenvalue weighted by molar-refractivity contribution is -0.384. The molecule has 2 N–H and O–H groups in total. The van der Waals surface area contributed by atoms with E-state index >= 15 is 0 Å². The van der Waals surface area contributed by atoms with Crippen LogP contribution in [0.1, 0.15) is 26.7 Å². The molecule has 3 rings (SSSR count). The van der Waals surface area contributed by atoms with Crippen molar-refractivity contribution in [1.82, 2.24) is 19.1 Å². The van der Waals surface area contributed by atoms with Crippen LogP contribution < -0.4 is 11.1 Å². The molecule has 2 heterocycles. The van der Waals surface area contributed by atoms with Gasteiger partial charge in [-0.1, -0.05) is 13.8 Å². The highest BCUT2D eigenvalue weighted by atomic mass is 16.6. The summed E-state index contributed by atoms with van der Waals surface area (Å²) in [5.41, 5.74) is -1.53. The van der Waals surface area contributed by atoms with E-state index in [-0.39, 0.29) is 41.8 Å². The number of nitro groups is 1. The van der Waals surface area contributed by atoms with Crippen LogP contribution in [-0.2, 0) is 11.3 Å². The van der Waals surface area contributed by atoms with Crippen molar-refractivity contribution in [3.8, 4) is 5.69 Å². The van der Waals surface area contributed by atoms with E-state index in [0.717, 1.165) is 4.57 Å². The fourth-order valence-corrected chi connectivity index (χ4v) is 2.66. The van der Waals surface area contributed by atoms with Gasteiger partial charge >= 0.3 is 17.1 Å². The van der Waals surface area contributed by atoms with Crippen LogP contribution in [0.4, 0.5) is 5.69 Å². The Morgan fingerprint density at radius 3 is 2.61 bits per heavy atom. The van der Waals surface area contributed by atoms with E-state index in [0.29, 0.717) is 0 Å². The Labute approximate surface area is 158 Å². The number of carboxylic acid groups (broad SMARTS) is 1. The van der Waals surface area contributed by atoms with Crippen LogP contribution in [0.3, 0.4) is 0 Å². The molecule has 0 aliphatic heterocycles. The molecule has 0 atom stereocenters. The highest BCUT2D eigenvalue weighted by Gasteiger charge is 2.19. The summed E-state index contributed by atoms with van der Waals surface area (Å²) in [5, 5.41) is 20.1. The standard InChI is InChI=1S/C15H13N5O6.C2H6/c21-13(22)2-1-4-19-10-7-11(18-5-3-16-8-18)12(20(25)26)6-9(10)17-14(23)15(19)24;1-2/h3,5-8H,1-2,4H2,(H,17,23)(H,21,22);1-2H3. The molecule has 0 aliphatic carbocycles. The molecule has 0 saturated carbocycles. The molecule has 0 unspecified atom stereocenters. The van der Waals surface area contributed by atoms with Gasteiger partial charge in [0.05, 0.1) is 22.3 Å². The van der Waals surface area contributed by atoms with E-state index in [9.17, 15) is 24.5 Å². The first-order valence-electron chi connectivity index (χ1n) is 8.54. The van der Waals surface area contributed by atoms with Crippen molar-refractivity contribution in [2.45, 2.75) is 33.2 Å². The summed E-state index contributed by atoms with van der Waals surface area (Å²) in [6.45, 7) is 3.99. The quantitative estimate of drug-likeness (QED) is 0.369. The Morgan fingerprint density at radius 2 is 2.04 bits per heavy atom. The Morgan fingerprint density at radius 1 is 1.32 bits per heavy atom. The molecule has 0 fully saturated rings. The average Bonchev–Trinajstić information content (AvgIpc) is 3.20. The third kappa shape index (κ3) is 4.14. The molecule has 0 amide bonds. The van der Waals surface area contributed by atoms with Crippen molar-refractivity contribution in [1.29, 1.82) is 0 Å². The highest BCUT2D eigenvalue weighted by molar-refractivity contribution is 5.82. The van der Waals surface area contributed by atoms with Gasteiger partial charge in [-0.25, -0.2) is 4.98 Å². The number of aliphatic carboxylic acids is 1. The van der Waals surface area contributed by atoms with E-state index in [1.807, 2.05) is 13.8 Å². The maximum atomic E-state index is 12.2. The summed E-state index contributed by atoms with van der Waals surface area (Å²) in [7, 11) is 0. The number of aromatic nitrogens is 4. The summed E-state index contributed by atoms with van der Waals surface area (Å²) in [4.78, 5) is 51.7. The van der Waals surface area contributed by atoms with Crippen LogP contribution in [0.25, 0.3) is 16.7 Å². The van der Waals surface area contributed by atoms with Crippen molar-refractivity contribution in [2.75, 3.05) is 0 Å². The molecule has 0 bridgehead atoms. The van der Waals surface area contributed by atoms with Crippen LogP contribution in [0, 0.1) is 10.1 Å². The number of hydrogen-bond acceptors (Lipinski definition) is 6. The first kappa shape index (κ1) is 20.6. The average molecular weight is 389 g/mol. The molecule has 28 heavy (non-hydrogen) atoms. The van der Waals surface area contributed by atoms with Gasteiger partial charge in [-0.05, 0) is 12.5 Å². The Hall–Kier alpha value is -3.76. The molecule has 0 radical (unpaired) electrons. The number of H-pyrrole nitrogens is 1. The van der Waals surface area contributed by atoms with Crippen molar-refractivity contribution in [3.05, 3.63) is 61.7 Å². The highest BCUT2D eigenvalue weighted by Crippen LogP contribution is 2.27. The number of aromatic amines is 1. The van der Waals surface area contributed by atoms with Crippen LogP contribution in [0.5, 0.6) is 0 Å². The second kappa shape index (κ2) is 8.75. The fraction of sp³-hybridized carbons (Fsp3) is 0.294. The van der Waals surface area contributed by atoms with Gasteiger partial charge in [-0.3, -0.25) is 24.5 Å². The van der Waals surface area contributed by atoms with Gasteiger partial charge in [0, 0.05) is 31.4 Å². The number of nitrogens with zero attached hydrogens (tertiary/aromatic N) is 4. The zero-order valence-corrected chi connectivity index (χ0v) is 15.3. The summed E-state index contributed by atoms with van der Waals surface area (Å²) >= 11 is 0. The van der Waals surface area contributed by atoms with E-state index in [4.69, 9.17) is 5.11 Å². The maximum Gasteiger partial charge on any atom is 0.316 e. The molecule has 1 aromatic carbocycles. The second-order valence-corrected chi connectivity index (χ2v) is 5.49. The Balaban J connectivity index is 0.00000136. The summed E-state index contributed by atoms with van der Waals surface area (Å²) in [6, 6.07) is 2.56. The number of fused-ring (bicyclic) bond motifs is 1. The third-order valence-corrected chi connectivity index (χ3v) is 3.82. The maximum absolute atomic E-state index is 12.2. The van der Waals surface area contributed by atoms with Gasteiger partial charge in [0.25, 0.3) is 5.69 Å². The van der Waals surface area contributed by atoms with Gasteiger partial charge in [0.2, 0.25) is 0 Å². The molecule has 0 saturated heterocycles. The number of benzene rings is 1. The lowest BCUT2D eigenvalue weighted by Crippen LogP contribution is -2.36. The van der Waals surface area contributed by atoms with Crippen molar-refractivity contribution in [2.24, 2.45) is 0 Å². The minimum Gasteiger partial charge on any atom is -0.481 e. The van der Waals surface area contributed by atoms with Crippen LogP contribution >= 0.6 is 0 Å². The van der Waals surface area contributed by atoms with Gasteiger partial charge in [-0.15, -0.1) is 0 Å². The molecule has 0 aliphatic rings. The van der Waals surface area contributed by atoms with Gasteiger partial charge < -0.3 is 19.2 Å². The fourth-order valence-electron chi connectivity index (χ4n) is 2.66. The molecule has 2 aromatic heterocycles. The van der Waals surface area contributed by atoms with E-state index in [2.05, 4.69) is 9.97 Å². The zero-order chi connectivity index (χ0) is 20.8. The molecule has 148 valence electrons. The van der Waals surface area contributed by atoms with Gasteiger partial charge in [0.15, 0.2) is 0 Å². The number of nitro benzene ring substituents is 1. The van der Waals surface area contributed by atoms with E-state index in [1.54, 1.807) is 0 Å². The Kier molecular flexibility index (Phi) is 6.42. The monoisotopic (exact) mass is 389 g/mol. The topological polar surface area (TPSA) is 153 Å². The summed E-state index contributed by atoms with van der Waals surface area (Å²) in [5.74, 6) is -1.03. The summed E-state index contributed by atoms with van der Waals surface area (Å²) < 4.78 is 2.54. The lowest BCUT2D eigenvalue weighted by atomic mass is 10.2. The number of carboxylic acids is 1. The normalized spacial score (nSPS) is 10.4. The zero-order valence-electron chi connectivity index (χ0n) is 15.3. The smallest absolute Gasteiger partial charge is 0.316 e. The Bertz CT molecular complexity index is 1110. The molecule has 11 heteroatoms. The number of aryl methyl sites for hydroxylation is 1. The molecular weight excluding hydrogens is 370 g/mol. The predicted octanol–water partition coefficient (Wildman–Crippen LogP) is 1.67. The molecule has 11 nitrogen and oxygen atoms in total. The SMILES string of the molecule is CC.O=C(O)CCCn1c(=O)c(=O)[nH]c2cc([N+](=O)[O-])c(-n3ccnc3)cc21. The number of hydrogen-bond donors (Lipinski definition) is 2. The first-order valence-corrected chi connectivity index (χ1v) is 8.54. The number of nitrogens with one attached hydrogen (secondary N) is 1. The number of carbonyl (C=O) groups is 1. The summed E-state index contributed by atoms with van der Waals surface area (Å²) in [6.07, 6.45) is 4.27. The van der Waals surface area contributed by atoms with Crippen molar-refractivity contribution < 1.29 is 14.8 Å². The van der Waals surface area contributed by atoms with Crippen LogP contribution in [0.15, 0.2) is 40.4 Å². The largest absolute Gasteiger partial charge is 0.481 e. The number of rotatable bonds is 6. The van der Waals surface area contributed by atoms with Crippen molar-refractivity contribution >= 4 is 22.7 Å². The van der Waals surface area contributed by atoms with Gasteiger partial charge in [0.1, 0.15) is 5.69 Å². The van der Waals surface area contributed by atoms with Crippen LogP contribution in [-0.4, -0.2) is 35.1 Å². The minimum absolute atomic E-state index is 0.00721.